The van der Waals surface area contributed by atoms with E-state index in [9.17, 15) is 14.4 Å². The molecule has 1 heterocycles. The molecule has 0 saturated heterocycles. The van der Waals surface area contributed by atoms with Crippen molar-refractivity contribution in [3.05, 3.63) is 88.3 Å². The lowest BCUT2D eigenvalue weighted by molar-refractivity contribution is -0.121. The fourth-order valence-electron chi connectivity index (χ4n) is 2.62. The van der Waals surface area contributed by atoms with Gasteiger partial charge in [0.15, 0.2) is 0 Å². The molecule has 1 aromatic heterocycles. The van der Waals surface area contributed by atoms with Gasteiger partial charge in [0.05, 0.1) is 0 Å². The first-order valence-corrected chi connectivity index (χ1v) is 8.32. The second-order valence-corrected chi connectivity index (χ2v) is 5.88. The second kappa shape index (κ2) is 8.09. The Morgan fingerprint density at radius 1 is 1.00 bits per heavy atom. The number of carbonyl (C=O) groups excluding carboxylic acids is 2. The molecule has 3 aromatic rings. The van der Waals surface area contributed by atoms with Crippen molar-refractivity contribution in [3.8, 4) is 11.4 Å². The highest BCUT2D eigenvalue weighted by Crippen LogP contribution is 2.15. The van der Waals surface area contributed by atoms with Crippen LogP contribution in [0.2, 0.25) is 0 Å². The summed E-state index contributed by atoms with van der Waals surface area (Å²) >= 11 is 0. The standard InChI is InChI=1S/C20H18N4O3/c21-18(26)16-12-23-19(15-9-5-2-6-10-15)24(20(16)27)13-17(25)22-11-14-7-3-1-4-8-14/h1-10,12H,11,13H2,(H2,21,26)(H,22,25). The number of rotatable bonds is 6. The summed E-state index contributed by atoms with van der Waals surface area (Å²) in [7, 11) is 0. The Kier molecular flexibility index (Phi) is 5.41. The lowest BCUT2D eigenvalue weighted by Crippen LogP contribution is -2.36. The van der Waals surface area contributed by atoms with Crippen molar-refractivity contribution in [2.24, 2.45) is 5.73 Å². The van der Waals surface area contributed by atoms with Crippen molar-refractivity contribution < 1.29 is 9.59 Å². The fraction of sp³-hybridized carbons (Fsp3) is 0.100. The van der Waals surface area contributed by atoms with Gasteiger partial charge in [-0.2, -0.15) is 0 Å². The van der Waals surface area contributed by atoms with Crippen LogP contribution in [0.5, 0.6) is 0 Å². The number of nitrogens with two attached hydrogens (primary N) is 1. The SMILES string of the molecule is NC(=O)c1cnc(-c2ccccc2)n(CC(=O)NCc2ccccc2)c1=O. The fourth-order valence-corrected chi connectivity index (χ4v) is 2.62. The van der Waals surface area contributed by atoms with Crippen LogP contribution >= 0.6 is 0 Å². The molecule has 0 saturated carbocycles. The predicted octanol–water partition coefficient (Wildman–Crippen LogP) is 1.33. The third-order valence-corrected chi connectivity index (χ3v) is 3.98. The zero-order chi connectivity index (χ0) is 19.2. The van der Waals surface area contributed by atoms with Crippen LogP contribution in [0, 0.1) is 0 Å². The molecular weight excluding hydrogens is 344 g/mol. The molecule has 2 aromatic carbocycles. The van der Waals surface area contributed by atoms with E-state index in [2.05, 4.69) is 10.3 Å². The minimum absolute atomic E-state index is 0.259. The smallest absolute Gasteiger partial charge is 0.267 e. The van der Waals surface area contributed by atoms with Gasteiger partial charge in [0.25, 0.3) is 11.5 Å². The lowest BCUT2D eigenvalue weighted by atomic mass is 10.2. The van der Waals surface area contributed by atoms with Crippen LogP contribution in [0.4, 0.5) is 0 Å². The number of primary amides is 1. The average Bonchev–Trinajstić information content (AvgIpc) is 2.69. The lowest BCUT2D eigenvalue weighted by Gasteiger charge is -2.13. The summed E-state index contributed by atoms with van der Waals surface area (Å²) in [6, 6.07) is 18.4. The van der Waals surface area contributed by atoms with Crippen molar-refractivity contribution in [2.75, 3.05) is 0 Å². The monoisotopic (exact) mass is 362 g/mol. The zero-order valence-corrected chi connectivity index (χ0v) is 14.5. The van der Waals surface area contributed by atoms with E-state index in [-0.39, 0.29) is 18.0 Å². The van der Waals surface area contributed by atoms with Crippen molar-refractivity contribution in [1.29, 1.82) is 0 Å². The van der Waals surface area contributed by atoms with Crippen LogP contribution < -0.4 is 16.6 Å². The molecule has 27 heavy (non-hydrogen) atoms. The van der Waals surface area contributed by atoms with Crippen molar-refractivity contribution >= 4 is 11.8 Å². The summed E-state index contributed by atoms with van der Waals surface area (Å²) in [6.07, 6.45) is 1.14. The molecule has 0 radical (unpaired) electrons. The predicted molar refractivity (Wildman–Crippen MR) is 101 cm³/mol. The summed E-state index contributed by atoms with van der Waals surface area (Å²) in [6.45, 7) is 0.0576. The van der Waals surface area contributed by atoms with E-state index in [4.69, 9.17) is 5.73 Å². The molecular formula is C20H18N4O3. The first-order chi connectivity index (χ1) is 13.1. The van der Waals surface area contributed by atoms with Gasteiger partial charge < -0.3 is 11.1 Å². The summed E-state index contributed by atoms with van der Waals surface area (Å²) < 4.78 is 1.16. The van der Waals surface area contributed by atoms with Gasteiger partial charge in [-0.05, 0) is 5.56 Å². The first kappa shape index (κ1) is 18.1. The Morgan fingerprint density at radius 2 is 1.63 bits per heavy atom. The molecule has 0 bridgehead atoms. The molecule has 0 unspecified atom stereocenters. The second-order valence-electron chi connectivity index (χ2n) is 5.88. The normalized spacial score (nSPS) is 10.4. The Balaban J connectivity index is 1.90. The summed E-state index contributed by atoms with van der Waals surface area (Å²) in [5.41, 5.74) is 5.93. The van der Waals surface area contributed by atoms with Gasteiger partial charge in [-0.1, -0.05) is 60.7 Å². The molecule has 0 aliphatic carbocycles. The third-order valence-electron chi connectivity index (χ3n) is 3.98. The average molecular weight is 362 g/mol. The van der Waals surface area contributed by atoms with Crippen LogP contribution in [0.1, 0.15) is 15.9 Å². The summed E-state index contributed by atoms with van der Waals surface area (Å²) in [5, 5.41) is 2.76. The van der Waals surface area contributed by atoms with Crippen LogP contribution in [-0.4, -0.2) is 21.4 Å². The van der Waals surface area contributed by atoms with Crippen molar-refractivity contribution in [3.63, 3.8) is 0 Å². The van der Waals surface area contributed by atoms with Gasteiger partial charge in [0, 0.05) is 18.3 Å². The minimum atomic E-state index is -0.884. The maximum Gasteiger partial charge on any atom is 0.267 e. The van der Waals surface area contributed by atoms with Crippen molar-refractivity contribution in [2.45, 2.75) is 13.1 Å². The van der Waals surface area contributed by atoms with Crippen LogP contribution in [0.3, 0.4) is 0 Å². The van der Waals surface area contributed by atoms with Gasteiger partial charge in [0.1, 0.15) is 17.9 Å². The number of nitrogens with one attached hydrogen (secondary N) is 1. The summed E-state index contributed by atoms with van der Waals surface area (Å²) in [5.74, 6) is -0.965. The maximum absolute atomic E-state index is 12.7. The highest BCUT2D eigenvalue weighted by atomic mass is 16.2. The van der Waals surface area contributed by atoms with Crippen LogP contribution in [-0.2, 0) is 17.9 Å². The molecule has 7 nitrogen and oxygen atoms in total. The molecule has 3 N–H and O–H groups in total. The Morgan fingerprint density at radius 3 is 2.26 bits per heavy atom. The Hall–Kier alpha value is -3.74. The summed E-state index contributed by atoms with van der Waals surface area (Å²) in [4.78, 5) is 40.7. The number of hydrogen-bond donors (Lipinski definition) is 2. The molecule has 0 spiro atoms. The molecule has 3 rings (SSSR count). The van der Waals surface area contributed by atoms with E-state index in [0.29, 0.717) is 17.9 Å². The van der Waals surface area contributed by atoms with Gasteiger partial charge in [-0.25, -0.2) is 4.98 Å². The molecule has 2 amide bonds. The molecule has 0 fully saturated rings. The van der Waals surface area contributed by atoms with Gasteiger partial charge >= 0.3 is 0 Å². The molecule has 0 aliphatic heterocycles. The van der Waals surface area contributed by atoms with Gasteiger partial charge in [-0.3, -0.25) is 19.0 Å². The number of hydrogen-bond acceptors (Lipinski definition) is 4. The zero-order valence-electron chi connectivity index (χ0n) is 14.5. The largest absolute Gasteiger partial charge is 0.365 e. The number of aromatic nitrogens is 2. The topological polar surface area (TPSA) is 107 Å². The number of nitrogens with zero attached hydrogens (tertiary/aromatic N) is 2. The van der Waals surface area contributed by atoms with E-state index >= 15 is 0 Å². The Bertz CT molecular complexity index is 1010. The van der Waals surface area contributed by atoms with E-state index in [1.54, 1.807) is 24.3 Å². The van der Waals surface area contributed by atoms with E-state index in [1.807, 2.05) is 36.4 Å². The van der Waals surface area contributed by atoms with E-state index < -0.39 is 11.5 Å². The molecule has 136 valence electrons. The highest BCUT2D eigenvalue weighted by Gasteiger charge is 2.17. The van der Waals surface area contributed by atoms with Crippen LogP contribution in [0.15, 0.2) is 71.7 Å². The van der Waals surface area contributed by atoms with Crippen LogP contribution in [0.25, 0.3) is 11.4 Å². The third kappa shape index (κ3) is 4.27. The maximum atomic E-state index is 12.7. The highest BCUT2D eigenvalue weighted by molar-refractivity contribution is 5.92. The number of benzene rings is 2. The van der Waals surface area contributed by atoms with E-state index in [0.717, 1.165) is 16.3 Å². The van der Waals surface area contributed by atoms with Crippen molar-refractivity contribution in [1.82, 2.24) is 14.9 Å². The molecule has 0 atom stereocenters. The quantitative estimate of drug-likeness (QED) is 0.690. The van der Waals surface area contributed by atoms with Gasteiger partial charge in [0.2, 0.25) is 5.91 Å². The minimum Gasteiger partial charge on any atom is -0.365 e. The van der Waals surface area contributed by atoms with Gasteiger partial charge in [-0.15, -0.1) is 0 Å². The molecule has 7 heteroatoms. The first-order valence-electron chi connectivity index (χ1n) is 8.32. The molecule has 0 aliphatic rings. The number of amides is 2. The number of carbonyl (C=O) groups is 2. The van der Waals surface area contributed by atoms with E-state index in [1.165, 1.54) is 0 Å². The Labute approximate surface area is 155 Å².